The van der Waals surface area contributed by atoms with Crippen LogP contribution in [0.25, 0.3) is 0 Å². The van der Waals surface area contributed by atoms with Crippen LogP contribution in [-0.2, 0) is 21.2 Å². The van der Waals surface area contributed by atoms with Crippen molar-refractivity contribution in [1.82, 2.24) is 4.31 Å². The topological polar surface area (TPSA) is 74.7 Å². The average molecular weight is 299 g/mol. The largest absolute Gasteiger partial charge is 0.481 e. The van der Waals surface area contributed by atoms with Crippen LogP contribution >= 0.6 is 0 Å². The highest BCUT2D eigenvalue weighted by Gasteiger charge is 2.20. The van der Waals surface area contributed by atoms with Crippen LogP contribution in [-0.4, -0.2) is 37.4 Å². The Morgan fingerprint density at radius 2 is 1.85 bits per heavy atom. The number of carboxylic acid groups (broad SMARTS) is 1. The lowest BCUT2D eigenvalue weighted by Gasteiger charge is -2.16. The fourth-order valence-corrected chi connectivity index (χ4v) is 3.08. The predicted octanol–water partition coefficient (Wildman–Crippen LogP) is 2.12. The number of hydrogen-bond acceptors (Lipinski definition) is 3. The molecule has 1 aromatic carbocycles. The van der Waals surface area contributed by atoms with Crippen LogP contribution < -0.4 is 0 Å². The van der Waals surface area contributed by atoms with Crippen LogP contribution in [0.4, 0.5) is 0 Å². The van der Waals surface area contributed by atoms with Crippen LogP contribution in [0.15, 0.2) is 29.2 Å². The van der Waals surface area contributed by atoms with E-state index < -0.39 is 16.0 Å². The van der Waals surface area contributed by atoms with E-state index in [1.54, 1.807) is 12.1 Å². The van der Waals surface area contributed by atoms with Crippen molar-refractivity contribution in [2.45, 2.75) is 37.5 Å². The minimum absolute atomic E-state index is 0.0324. The van der Waals surface area contributed by atoms with Gasteiger partial charge in [-0.25, -0.2) is 12.7 Å². The first-order chi connectivity index (χ1) is 9.37. The monoisotopic (exact) mass is 299 g/mol. The van der Waals surface area contributed by atoms with Crippen LogP contribution in [0.5, 0.6) is 0 Å². The quantitative estimate of drug-likeness (QED) is 0.798. The maximum Gasteiger partial charge on any atom is 0.303 e. The molecule has 0 saturated carbocycles. The van der Waals surface area contributed by atoms with Gasteiger partial charge in [0, 0.05) is 20.0 Å². The molecule has 0 atom stereocenters. The van der Waals surface area contributed by atoms with Gasteiger partial charge in [-0.2, -0.15) is 0 Å². The van der Waals surface area contributed by atoms with E-state index in [0.29, 0.717) is 6.42 Å². The SMILES string of the molecule is CCCc1ccc(S(=O)(=O)N(C)CCCC(=O)O)cc1. The lowest BCUT2D eigenvalue weighted by molar-refractivity contribution is -0.137. The molecule has 0 spiro atoms. The van der Waals surface area contributed by atoms with E-state index in [9.17, 15) is 13.2 Å². The first-order valence-corrected chi connectivity index (χ1v) is 8.09. The molecule has 0 saturated heterocycles. The Hall–Kier alpha value is -1.40. The van der Waals surface area contributed by atoms with E-state index in [1.807, 2.05) is 12.1 Å². The highest BCUT2D eigenvalue weighted by atomic mass is 32.2. The van der Waals surface area contributed by atoms with Crippen molar-refractivity contribution >= 4 is 16.0 Å². The molecule has 1 rings (SSSR count). The molecule has 1 aromatic rings. The minimum atomic E-state index is -3.53. The third-order valence-electron chi connectivity index (χ3n) is 3.03. The van der Waals surface area contributed by atoms with Gasteiger partial charge in [-0.3, -0.25) is 4.79 Å². The van der Waals surface area contributed by atoms with Gasteiger partial charge in [-0.05, 0) is 30.5 Å². The highest BCUT2D eigenvalue weighted by Crippen LogP contribution is 2.16. The summed E-state index contributed by atoms with van der Waals surface area (Å²) in [7, 11) is -2.06. The van der Waals surface area contributed by atoms with E-state index in [1.165, 1.54) is 11.4 Å². The van der Waals surface area contributed by atoms with E-state index in [-0.39, 0.29) is 17.9 Å². The van der Waals surface area contributed by atoms with Crippen molar-refractivity contribution in [2.75, 3.05) is 13.6 Å². The van der Waals surface area contributed by atoms with Gasteiger partial charge in [0.15, 0.2) is 0 Å². The Morgan fingerprint density at radius 3 is 2.35 bits per heavy atom. The molecule has 0 amide bonds. The zero-order chi connectivity index (χ0) is 15.2. The van der Waals surface area contributed by atoms with Gasteiger partial charge in [0.2, 0.25) is 10.0 Å². The molecular weight excluding hydrogens is 278 g/mol. The fourth-order valence-electron chi connectivity index (χ4n) is 1.87. The first-order valence-electron chi connectivity index (χ1n) is 6.65. The normalized spacial score (nSPS) is 11.8. The highest BCUT2D eigenvalue weighted by molar-refractivity contribution is 7.89. The molecule has 0 aliphatic heterocycles. The Balaban J connectivity index is 2.73. The zero-order valence-electron chi connectivity index (χ0n) is 11.9. The third-order valence-corrected chi connectivity index (χ3v) is 4.90. The molecule has 0 aromatic heterocycles. The lowest BCUT2D eigenvalue weighted by atomic mass is 10.1. The van der Waals surface area contributed by atoms with Gasteiger partial charge in [-0.1, -0.05) is 25.5 Å². The van der Waals surface area contributed by atoms with Gasteiger partial charge < -0.3 is 5.11 Å². The van der Waals surface area contributed by atoms with E-state index in [4.69, 9.17) is 5.11 Å². The minimum Gasteiger partial charge on any atom is -0.481 e. The Bertz CT molecular complexity index is 537. The number of aryl methyl sites for hydroxylation is 1. The number of nitrogens with zero attached hydrogens (tertiary/aromatic N) is 1. The summed E-state index contributed by atoms with van der Waals surface area (Å²) in [5, 5.41) is 8.56. The Kier molecular flexibility index (Phi) is 6.16. The number of hydrogen-bond donors (Lipinski definition) is 1. The molecular formula is C14H21NO4S. The lowest BCUT2D eigenvalue weighted by Crippen LogP contribution is -2.28. The van der Waals surface area contributed by atoms with Crippen LogP contribution in [0.2, 0.25) is 0 Å². The summed E-state index contributed by atoms with van der Waals surface area (Å²) in [6, 6.07) is 6.85. The number of carboxylic acids is 1. The Labute approximate surface area is 120 Å². The predicted molar refractivity (Wildman–Crippen MR) is 77.1 cm³/mol. The number of rotatable bonds is 8. The summed E-state index contributed by atoms with van der Waals surface area (Å²) in [6.45, 7) is 2.27. The van der Waals surface area contributed by atoms with Crippen molar-refractivity contribution in [2.24, 2.45) is 0 Å². The maximum atomic E-state index is 12.3. The molecule has 0 fully saturated rings. The number of carbonyl (C=O) groups is 1. The summed E-state index contributed by atoms with van der Waals surface area (Å²) >= 11 is 0. The van der Waals surface area contributed by atoms with E-state index in [0.717, 1.165) is 18.4 Å². The molecule has 0 radical (unpaired) electrons. The number of aliphatic carboxylic acids is 1. The van der Waals surface area contributed by atoms with Crippen LogP contribution in [0.1, 0.15) is 31.7 Å². The molecule has 5 nitrogen and oxygen atoms in total. The molecule has 112 valence electrons. The van der Waals surface area contributed by atoms with Crippen molar-refractivity contribution in [1.29, 1.82) is 0 Å². The second kappa shape index (κ2) is 7.40. The van der Waals surface area contributed by atoms with E-state index >= 15 is 0 Å². The summed E-state index contributed by atoms with van der Waals surface area (Å²) < 4.78 is 25.7. The van der Waals surface area contributed by atoms with Crippen molar-refractivity contribution < 1.29 is 18.3 Å². The third kappa shape index (κ3) is 4.61. The summed E-state index contributed by atoms with van der Waals surface area (Å²) in [5.41, 5.74) is 1.11. The zero-order valence-corrected chi connectivity index (χ0v) is 12.7. The van der Waals surface area contributed by atoms with Gasteiger partial charge in [0.05, 0.1) is 4.90 Å². The number of sulfonamides is 1. The molecule has 0 heterocycles. The fraction of sp³-hybridized carbons (Fsp3) is 0.500. The molecule has 1 N–H and O–H groups in total. The van der Waals surface area contributed by atoms with Crippen molar-refractivity contribution in [3.63, 3.8) is 0 Å². The average Bonchev–Trinajstić information content (AvgIpc) is 2.39. The molecule has 20 heavy (non-hydrogen) atoms. The molecule has 0 aliphatic rings. The summed E-state index contributed by atoms with van der Waals surface area (Å²) in [5.74, 6) is -0.917. The molecule has 0 aliphatic carbocycles. The number of benzene rings is 1. The van der Waals surface area contributed by atoms with Crippen LogP contribution in [0, 0.1) is 0 Å². The molecule has 0 bridgehead atoms. The summed E-state index contributed by atoms with van der Waals surface area (Å²) in [4.78, 5) is 10.7. The molecule has 0 unspecified atom stereocenters. The van der Waals surface area contributed by atoms with Gasteiger partial charge in [-0.15, -0.1) is 0 Å². The van der Waals surface area contributed by atoms with Crippen molar-refractivity contribution in [3.05, 3.63) is 29.8 Å². The second-order valence-corrected chi connectivity index (χ2v) is 6.76. The van der Waals surface area contributed by atoms with Gasteiger partial charge in [0.25, 0.3) is 0 Å². The standard InChI is InChI=1S/C14H21NO4S/c1-3-5-12-7-9-13(10-8-12)20(18,19)15(2)11-4-6-14(16)17/h7-10H,3-6,11H2,1-2H3,(H,16,17). The molecule has 6 heteroatoms. The smallest absolute Gasteiger partial charge is 0.303 e. The second-order valence-electron chi connectivity index (χ2n) is 4.72. The van der Waals surface area contributed by atoms with Gasteiger partial charge >= 0.3 is 5.97 Å². The van der Waals surface area contributed by atoms with Gasteiger partial charge in [0.1, 0.15) is 0 Å². The maximum absolute atomic E-state index is 12.3. The van der Waals surface area contributed by atoms with Crippen LogP contribution in [0.3, 0.4) is 0 Å². The van der Waals surface area contributed by atoms with E-state index in [2.05, 4.69) is 6.92 Å². The first kappa shape index (κ1) is 16.7. The van der Waals surface area contributed by atoms with Crippen molar-refractivity contribution in [3.8, 4) is 0 Å². The Morgan fingerprint density at radius 1 is 1.25 bits per heavy atom. The summed E-state index contributed by atoms with van der Waals surface area (Å²) in [6.07, 6.45) is 2.21.